The Labute approximate surface area is 196 Å². The first-order chi connectivity index (χ1) is 16.0. The number of rotatable bonds is 7. The summed E-state index contributed by atoms with van der Waals surface area (Å²) in [6, 6.07) is 9.38. The number of methoxy groups -OCH3 is 2. The van der Waals surface area contributed by atoms with E-state index in [0.29, 0.717) is 35.4 Å². The van der Waals surface area contributed by atoms with E-state index in [1.54, 1.807) is 20.3 Å². The van der Waals surface area contributed by atoms with Crippen molar-refractivity contribution in [1.29, 1.82) is 0 Å². The minimum atomic E-state index is -0.450. The number of nitrogens with one attached hydrogen (secondary N) is 1. The first kappa shape index (κ1) is 23.0. The summed E-state index contributed by atoms with van der Waals surface area (Å²) in [5.74, 6) is 1.85. The molecule has 2 aromatic carbocycles. The van der Waals surface area contributed by atoms with Crippen molar-refractivity contribution >= 4 is 17.5 Å². The zero-order chi connectivity index (χ0) is 23.4. The van der Waals surface area contributed by atoms with E-state index >= 15 is 0 Å². The number of carbonyl (C=O) groups is 1. The lowest BCUT2D eigenvalue weighted by Crippen LogP contribution is -2.28. The summed E-state index contributed by atoms with van der Waals surface area (Å²) in [4.78, 5) is 14.6. The number of halogens is 2. The minimum Gasteiger partial charge on any atom is -0.493 e. The lowest BCUT2D eigenvalue weighted by molar-refractivity contribution is 0.0949. The normalized spacial score (nSPS) is 13.8. The smallest absolute Gasteiger partial charge is 0.251 e. The fraction of sp³-hybridized carbons (Fsp3) is 0.348. The van der Waals surface area contributed by atoms with E-state index in [2.05, 4.69) is 20.4 Å². The molecule has 0 saturated heterocycles. The van der Waals surface area contributed by atoms with Crippen LogP contribution in [-0.4, -0.2) is 52.9 Å². The lowest BCUT2D eigenvalue weighted by Gasteiger charge is -2.21. The van der Waals surface area contributed by atoms with Crippen molar-refractivity contribution in [2.45, 2.75) is 26.1 Å². The van der Waals surface area contributed by atoms with E-state index in [0.717, 1.165) is 30.9 Å². The molecule has 1 aromatic heterocycles. The molecule has 0 radical (unpaired) electrons. The van der Waals surface area contributed by atoms with Crippen molar-refractivity contribution in [3.63, 3.8) is 0 Å². The van der Waals surface area contributed by atoms with Gasteiger partial charge in [-0.2, -0.15) is 0 Å². The van der Waals surface area contributed by atoms with Gasteiger partial charge in [0, 0.05) is 38.2 Å². The van der Waals surface area contributed by atoms with Gasteiger partial charge >= 0.3 is 0 Å². The number of aromatic nitrogens is 3. The molecule has 1 amide bonds. The first-order valence-electron chi connectivity index (χ1n) is 10.6. The van der Waals surface area contributed by atoms with Gasteiger partial charge in [-0.3, -0.25) is 9.69 Å². The molecule has 1 aliphatic rings. The number of nitrogens with zero attached hydrogens (tertiary/aromatic N) is 4. The van der Waals surface area contributed by atoms with Gasteiger partial charge in [0.2, 0.25) is 0 Å². The summed E-state index contributed by atoms with van der Waals surface area (Å²) in [5, 5.41) is 11.9. The molecule has 0 aliphatic carbocycles. The fourth-order valence-corrected chi connectivity index (χ4v) is 4.19. The van der Waals surface area contributed by atoms with Crippen LogP contribution in [0.15, 0.2) is 36.4 Å². The van der Waals surface area contributed by atoms with Gasteiger partial charge in [0.15, 0.2) is 17.3 Å². The molecule has 2 heterocycles. The number of fused-ring (bicyclic) bond motifs is 1. The molecule has 0 fully saturated rings. The number of benzene rings is 2. The molecule has 33 heavy (non-hydrogen) atoms. The molecule has 3 aromatic rings. The van der Waals surface area contributed by atoms with Gasteiger partial charge in [-0.05, 0) is 29.8 Å². The van der Waals surface area contributed by atoms with Crippen molar-refractivity contribution in [2.75, 3.05) is 27.3 Å². The Morgan fingerprint density at radius 1 is 1.15 bits per heavy atom. The highest BCUT2D eigenvalue weighted by Gasteiger charge is 2.21. The second-order valence-electron chi connectivity index (χ2n) is 7.68. The minimum absolute atomic E-state index is 0.212. The largest absolute Gasteiger partial charge is 0.493 e. The van der Waals surface area contributed by atoms with Gasteiger partial charge < -0.3 is 19.4 Å². The van der Waals surface area contributed by atoms with Gasteiger partial charge in [0.05, 0.1) is 25.8 Å². The zero-order valence-corrected chi connectivity index (χ0v) is 19.2. The van der Waals surface area contributed by atoms with Crippen molar-refractivity contribution < 1.29 is 18.7 Å². The van der Waals surface area contributed by atoms with Gasteiger partial charge in [-0.25, -0.2) is 4.39 Å². The lowest BCUT2D eigenvalue weighted by atomic mass is 10.1. The third-order valence-corrected chi connectivity index (χ3v) is 6.06. The van der Waals surface area contributed by atoms with Crippen LogP contribution in [0.25, 0.3) is 0 Å². The number of hydrogen-bond donors (Lipinski definition) is 1. The maximum absolute atomic E-state index is 13.4. The molecule has 0 saturated carbocycles. The predicted molar refractivity (Wildman–Crippen MR) is 121 cm³/mol. The number of hydrogen-bond acceptors (Lipinski definition) is 6. The van der Waals surface area contributed by atoms with Crippen LogP contribution < -0.4 is 14.8 Å². The summed E-state index contributed by atoms with van der Waals surface area (Å²) in [5.41, 5.74) is 1.22. The van der Waals surface area contributed by atoms with Gasteiger partial charge in [-0.15, -0.1) is 10.2 Å². The fourth-order valence-electron chi connectivity index (χ4n) is 3.90. The molecular weight excluding hydrogens is 449 g/mol. The van der Waals surface area contributed by atoms with Crippen molar-refractivity contribution in [3.8, 4) is 11.5 Å². The Kier molecular flexibility index (Phi) is 7.10. The van der Waals surface area contributed by atoms with Gasteiger partial charge in [0.25, 0.3) is 5.91 Å². The van der Waals surface area contributed by atoms with Crippen LogP contribution in [0.1, 0.15) is 27.6 Å². The SMILES string of the molecule is COc1ccc(CN2CCc3nnc(CNC(=O)c4cccc(F)c4)n3CC2)c(Cl)c1OC. The van der Waals surface area contributed by atoms with E-state index in [1.165, 1.54) is 18.2 Å². The first-order valence-corrected chi connectivity index (χ1v) is 10.9. The molecule has 0 atom stereocenters. The Bertz CT molecular complexity index is 1150. The second kappa shape index (κ2) is 10.2. The molecule has 1 aliphatic heterocycles. The maximum atomic E-state index is 13.4. The zero-order valence-electron chi connectivity index (χ0n) is 18.5. The molecule has 4 rings (SSSR count). The monoisotopic (exact) mass is 473 g/mol. The van der Waals surface area contributed by atoms with Crippen LogP contribution >= 0.6 is 11.6 Å². The van der Waals surface area contributed by atoms with Crippen LogP contribution in [0, 0.1) is 5.82 Å². The summed E-state index contributed by atoms with van der Waals surface area (Å²) >= 11 is 6.55. The Balaban J connectivity index is 1.40. The Hall–Kier alpha value is -3.17. The highest BCUT2D eigenvalue weighted by atomic mass is 35.5. The van der Waals surface area contributed by atoms with Gasteiger partial charge in [0.1, 0.15) is 11.6 Å². The highest BCUT2D eigenvalue weighted by molar-refractivity contribution is 6.33. The van der Waals surface area contributed by atoms with Crippen LogP contribution in [0.2, 0.25) is 5.02 Å². The summed E-state index contributed by atoms with van der Waals surface area (Å²) in [6.07, 6.45) is 0.718. The molecule has 174 valence electrons. The molecular formula is C23H25ClFN5O3. The summed E-state index contributed by atoms with van der Waals surface area (Å²) in [7, 11) is 3.15. The molecule has 0 bridgehead atoms. The van der Waals surface area contributed by atoms with E-state index in [4.69, 9.17) is 21.1 Å². The third kappa shape index (κ3) is 5.09. The van der Waals surface area contributed by atoms with Crippen LogP contribution in [-0.2, 0) is 26.1 Å². The summed E-state index contributed by atoms with van der Waals surface area (Å²) in [6.45, 7) is 3.10. The quantitative estimate of drug-likeness (QED) is 0.568. The molecule has 1 N–H and O–H groups in total. The number of amides is 1. The number of carbonyl (C=O) groups excluding carboxylic acids is 1. The van der Waals surface area contributed by atoms with Crippen LogP contribution in [0.4, 0.5) is 4.39 Å². The average Bonchev–Trinajstić information content (AvgIpc) is 3.10. The molecule has 8 nitrogen and oxygen atoms in total. The van der Waals surface area contributed by atoms with Crippen LogP contribution in [0.3, 0.4) is 0 Å². The number of ether oxygens (including phenoxy) is 2. The highest BCUT2D eigenvalue weighted by Crippen LogP contribution is 2.37. The van der Waals surface area contributed by atoms with Crippen LogP contribution in [0.5, 0.6) is 11.5 Å². The Morgan fingerprint density at radius 2 is 2.00 bits per heavy atom. The van der Waals surface area contributed by atoms with E-state index in [1.807, 2.05) is 16.7 Å². The van der Waals surface area contributed by atoms with E-state index in [9.17, 15) is 9.18 Å². The van der Waals surface area contributed by atoms with Crippen molar-refractivity contribution in [3.05, 3.63) is 70.0 Å². The molecule has 10 heteroatoms. The second-order valence-corrected chi connectivity index (χ2v) is 8.06. The summed E-state index contributed by atoms with van der Waals surface area (Å²) < 4.78 is 26.1. The standard InChI is InChI=1S/C23H25ClFN5O3/c1-32-18-7-6-16(21(24)22(18)33-2)14-29-9-8-19-27-28-20(30(19)11-10-29)13-26-23(31)15-4-3-5-17(25)12-15/h3-7,12H,8-11,13-14H2,1-2H3,(H,26,31). The molecule has 0 unspecified atom stereocenters. The maximum Gasteiger partial charge on any atom is 0.251 e. The average molecular weight is 474 g/mol. The third-order valence-electron chi connectivity index (χ3n) is 5.65. The van der Waals surface area contributed by atoms with E-state index < -0.39 is 5.82 Å². The topological polar surface area (TPSA) is 81.5 Å². The Morgan fingerprint density at radius 3 is 2.76 bits per heavy atom. The van der Waals surface area contributed by atoms with E-state index in [-0.39, 0.29) is 18.0 Å². The van der Waals surface area contributed by atoms with Crippen molar-refractivity contribution in [2.24, 2.45) is 0 Å². The molecule has 0 spiro atoms. The predicted octanol–water partition coefficient (Wildman–Crippen LogP) is 3.08. The van der Waals surface area contributed by atoms with Gasteiger partial charge in [-0.1, -0.05) is 23.7 Å². The van der Waals surface area contributed by atoms with Crippen molar-refractivity contribution in [1.82, 2.24) is 25.0 Å².